The molecule has 1 unspecified atom stereocenters. The highest BCUT2D eigenvalue weighted by Gasteiger charge is 2.49. The summed E-state index contributed by atoms with van der Waals surface area (Å²) in [5, 5.41) is 11.2. The number of rotatable bonds is 6. The quantitative estimate of drug-likeness (QED) is 0.703. The standard InChI is InChI=1S/C24H46N4O2/c1-19(2)26-10-7-22(8-11-26)28-12-13-30-23(16-28)15-25-17-24(29,18-25)21-6-5-9-27(14-21)20(3)4/h19-23,29H,5-18H2,1-4H3/t21-,23?/m1/s1. The van der Waals surface area contributed by atoms with Gasteiger partial charge in [-0.3, -0.25) is 9.80 Å². The normalized spacial score (nSPS) is 33.3. The summed E-state index contributed by atoms with van der Waals surface area (Å²) < 4.78 is 6.14. The molecule has 6 nitrogen and oxygen atoms in total. The molecule has 0 aliphatic carbocycles. The van der Waals surface area contributed by atoms with Crippen LogP contribution in [0.1, 0.15) is 53.4 Å². The Morgan fingerprint density at radius 2 is 1.60 bits per heavy atom. The van der Waals surface area contributed by atoms with Gasteiger partial charge in [0.05, 0.1) is 18.3 Å². The molecule has 0 aromatic carbocycles. The minimum atomic E-state index is -0.481. The number of β-amino-alcohol motifs (C(OH)–C–C–N with tert-alkyl or cyclic N) is 1. The van der Waals surface area contributed by atoms with Gasteiger partial charge in [-0.2, -0.15) is 0 Å². The van der Waals surface area contributed by atoms with Crippen LogP contribution in [0.15, 0.2) is 0 Å². The summed E-state index contributed by atoms with van der Waals surface area (Å²) in [7, 11) is 0. The fourth-order valence-corrected chi connectivity index (χ4v) is 6.27. The summed E-state index contributed by atoms with van der Waals surface area (Å²) in [6.45, 7) is 19.5. The van der Waals surface area contributed by atoms with Gasteiger partial charge in [-0.25, -0.2) is 0 Å². The van der Waals surface area contributed by atoms with Gasteiger partial charge < -0.3 is 19.6 Å². The van der Waals surface area contributed by atoms with Crippen molar-refractivity contribution in [3.8, 4) is 0 Å². The molecule has 0 bridgehead atoms. The topological polar surface area (TPSA) is 42.4 Å². The second-order valence-electron chi connectivity index (χ2n) is 11.0. The van der Waals surface area contributed by atoms with Crippen LogP contribution in [0.2, 0.25) is 0 Å². The molecule has 174 valence electrons. The van der Waals surface area contributed by atoms with E-state index in [-0.39, 0.29) is 0 Å². The molecular formula is C24H46N4O2. The first-order valence-corrected chi connectivity index (χ1v) is 12.6. The highest BCUT2D eigenvalue weighted by atomic mass is 16.5. The Hall–Kier alpha value is -0.240. The highest BCUT2D eigenvalue weighted by molar-refractivity contribution is 5.03. The van der Waals surface area contributed by atoms with E-state index in [2.05, 4.69) is 47.3 Å². The van der Waals surface area contributed by atoms with Crippen molar-refractivity contribution < 1.29 is 9.84 Å². The Morgan fingerprint density at radius 3 is 2.27 bits per heavy atom. The summed E-state index contributed by atoms with van der Waals surface area (Å²) in [6, 6.07) is 1.98. The third-order valence-electron chi connectivity index (χ3n) is 8.32. The zero-order valence-electron chi connectivity index (χ0n) is 19.9. The van der Waals surface area contributed by atoms with Gasteiger partial charge in [-0.15, -0.1) is 0 Å². The second-order valence-corrected chi connectivity index (χ2v) is 11.0. The van der Waals surface area contributed by atoms with Crippen molar-refractivity contribution in [2.45, 2.75) is 83.2 Å². The number of ether oxygens (including phenoxy) is 1. The molecule has 4 saturated heterocycles. The molecule has 30 heavy (non-hydrogen) atoms. The van der Waals surface area contributed by atoms with E-state index in [1.807, 2.05) is 0 Å². The fraction of sp³-hybridized carbons (Fsp3) is 1.00. The molecule has 1 N–H and O–H groups in total. The van der Waals surface area contributed by atoms with E-state index in [9.17, 15) is 5.11 Å². The lowest BCUT2D eigenvalue weighted by atomic mass is 9.76. The molecule has 2 atom stereocenters. The van der Waals surface area contributed by atoms with Gasteiger partial charge in [0.1, 0.15) is 0 Å². The third kappa shape index (κ3) is 5.21. The Bertz CT molecular complexity index is 543. The minimum absolute atomic E-state index is 0.296. The van der Waals surface area contributed by atoms with E-state index in [0.29, 0.717) is 24.1 Å². The number of nitrogens with zero attached hydrogens (tertiary/aromatic N) is 4. The van der Waals surface area contributed by atoms with Crippen molar-refractivity contribution in [3.63, 3.8) is 0 Å². The molecule has 4 rings (SSSR count). The van der Waals surface area contributed by atoms with Gasteiger partial charge in [-0.05, 0) is 73.0 Å². The van der Waals surface area contributed by atoms with Gasteiger partial charge in [0.2, 0.25) is 0 Å². The predicted molar refractivity (Wildman–Crippen MR) is 122 cm³/mol. The van der Waals surface area contributed by atoms with E-state index < -0.39 is 5.60 Å². The maximum Gasteiger partial charge on any atom is 0.0940 e. The molecule has 4 heterocycles. The monoisotopic (exact) mass is 422 g/mol. The predicted octanol–water partition coefficient (Wildman–Crippen LogP) is 1.73. The lowest BCUT2D eigenvalue weighted by Gasteiger charge is -2.54. The second kappa shape index (κ2) is 9.72. The molecule has 0 radical (unpaired) electrons. The molecule has 4 fully saturated rings. The van der Waals surface area contributed by atoms with Crippen LogP contribution in [-0.4, -0.2) is 120 Å². The molecule has 0 saturated carbocycles. The van der Waals surface area contributed by atoms with Crippen LogP contribution < -0.4 is 0 Å². The van der Waals surface area contributed by atoms with Crippen molar-refractivity contribution in [2.75, 3.05) is 65.5 Å². The largest absolute Gasteiger partial charge is 0.387 e. The third-order valence-corrected chi connectivity index (χ3v) is 8.32. The van der Waals surface area contributed by atoms with Crippen molar-refractivity contribution in [1.29, 1.82) is 0 Å². The first-order chi connectivity index (χ1) is 14.3. The van der Waals surface area contributed by atoms with E-state index in [1.54, 1.807) is 0 Å². The molecular weight excluding hydrogens is 376 g/mol. The molecule has 0 amide bonds. The summed E-state index contributed by atoms with van der Waals surface area (Å²) in [5.74, 6) is 0.430. The van der Waals surface area contributed by atoms with E-state index in [4.69, 9.17) is 4.74 Å². The number of morpholine rings is 1. The lowest BCUT2D eigenvalue weighted by molar-refractivity contribution is -0.165. The summed E-state index contributed by atoms with van der Waals surface area (Å²) in [6.07, 6.45) is 5.28. The molecule has 6 heteroatoms. The van der Waals surface area contributed by atoms with Crippen LogP contribution in [0.5, 0.6) is 0 Å². The Kier molecular flexibility index (Phi) is 7.43. The zero-order chi connectivity index (χ0) is 21.3. The number of hydrogen-bond donors (Lipinski definition) is 1. The fourth-order valence-electron chi connectivity index (χ4n) is 6.27. The highest BCUT2D eigenvalue weighted by Crippen LogP contribution is 2.35. The van der Waals surface area contributed by atoms with Crippen LogP contribution >= 0.6 is 0 Å². The SMILES string of the molecule is CC(C)N1CCC(N2CCOC(CN3CC(O)([C@@H]4CCCN(C(C)C)C4)C3)C2)CC1. The number of hydrogen-bond acceptors (Lipinski definition) is 6. The van der Waals surface area contributed by atoms with E-state index >= 15 is 0 Å². The minimum Gasteiger partial charge on any atom is -0.387 e. The van der Waals surface area contributed by atoms with Crippen LogP contribution in [0.4, 0.5) is 0 Å². The maximum absolute atomic E-state index is 11.2. The Labute approximate surface area is 184 Å². The van der Waals surface area contributed by atoms with Crippen LogP contribution in [0, 0.1) is 5.92 Å². The van der Waals surface area contributed by atoms with Gasteiger partial charge in [0.15, 0.2) is 0 Å². The van der Waals surface area contributed by atoms with Crippen molar-refractivity contribution in [2.24, 2.45) is 5.92 Å². The van der Waals surface area contributed by atoms with Gasteiger partial charge in [-0.1, -0.05) is 0 Å². The average Bonchev–Trinajstić information content (AvgIpc) is 2.73. The van der Waals surface area contributed by atoms with Gasteiger partial charge >= 0.3 is 0 Å². The molecule has 4 aliphatic rings. The summed E-state index contributed by atoms with van der Waals surface area (Å²) in [5.41, 5.74) is -0.481. The molecule has 0 spiro atoms. The molecule has 0 aromatic heterocycles. The molecule has 0 aromatic rings. The number of aliphatic hydroxyl groups is 1. The Balaban J connectivity index is 1.21. The first-order valence-electron chi connectivity index (χ1n) is 12.6. The molecule has 4 aliphatic heterocycles. The summed E-state index contributed by atoms with van der Waals surface area (Å²) in [4.78, 5) is 10.3. The zero-order valence-corrected chi connectivity index (χ0v) is 19.9. The number of likely N-dealkylation sites (tertiary alicyclic amines) is 3. The van der Waals surface area contributed by atoms with Crippen molar-refractivity contribution in [3.05, 3.63) is 0 Å². The van der Waals surface area contributed by atoms with E-state index in [0.717, 1.165) is 51.9 Å². The average molecular weight is 423 g/mol. The van der Waals surface area contributed by atoms with Crippen molar-refractivity contribution in [1.82, 2.24) is 19.6 Å². The Morgan fingerprint density at radius 1 is 0.900 bits per heavy atom. The smallest absolute Gasteiger partial charge is 0.0940 e. The maximum atomic E-state index is 11.2. The van der Waals surface area contributed by atoms with Crippen LogP contribution in [-0.2, 0) is 4.74 Å². The van der Waals surface area contributed by atoms with Gasteiger partial charge in [0.25, 0.3) is 0 Å². The number of piperidine rings is 2. The van der Waals surface area contributed by atoms with Crippen LogP contribution in [0.25, 0.3) is 0 Å². The summed E-state index contributed by atoms with van der Waals surface area (Å²) >= 11 is 0. The van der Waals surface area contributed by atoms with Crippen molar-refractivity contribution >= 4 is 0 Å². The van der Waals surface area contributed by atoms with E-state index in [1.165, 1.54) is 45.3 Å². The van der Waals surface area contributed by atoms with Gasteiger partial charge in [0, 0.05) is 63.3 Å². The first kappa shape index (κ1) is 22.9. The van der Waals surface area contributed by atoms with Crippen LogP contribution in [0.3, 0.4) is 0 Å². The lowest BCUT2D eigenvalue weighted by Crippen LogP contribution is -2.69.